The summed E-state index contributed by atoms with van der Waals surface area (Å²) in [6.45, 7) is 3.51. The molecule has 2 aliphatic rings. The average molecular weight is 470 g/mol. The molecule has 0 spiro atoms. The molecule has 0 radical (unpaired) electrons. The average Bonchev–Trinajstić information content (AvgIpc) is 3.21. The third kappa shape index (κ3) is 4.72. The SMILES string of the molecule is CCS(=O)(=O)N1CCC(c2c[nH]c3ccc(-c4cc(F)cc(CNC5CCC5)c4)cc23)CC1. The molecule has 1 saturated carbocycles. The van der Waals surface area contributed by atoms with Crippen LogP contribution < -0.4 is 5.32 Å². The quantitative estimate of drug-likeness (QED) is 0.503. The third-order valence-electron chi connectivity index (χ3n) is 7.36. The van der Waals surface area contributed by atoms with Crippen molar-refractivity contribution in [2.24, 2.45) is 0 Å². The fourth-order valence-electron chi connectivity index (χ4n) is 5.08. The summed E-state index contributed by atoms with van der Waals surface area (Å²) in [6.07, 6.45) is 7.37. The lowest BCUT2D eigenvalue weighted by molar-refractivity contribution is 0.321. The highest BCUT2D eigenvalue weighted by atomic mass is 32.2. The summed E-state index contributed by atoms with van der Waals surface area (Å²) in [6, 6.07) is 12.1. The van der Waals surface area contributed by atoms with Crippen molar-refractivity contribution in [1.82, 2.24) is 14.6 Å². The number of rotatable bonds is 7. The Morgan fingerprint density at radius 2 is 1.85 bits per heavy atom. The molecule has 2 N–H and O–H groups in total. The van der Waals surface area contributed by atoms with Crippen LogP contribution in [0.3, 0.4) is 0 Å². The predicted molar refractivity (Wildman–Crippen MR) is 131 cm³/mol. The van der Waals surface area contributed by atoms with Crippen LogP contribution in [0.2, 0.25) is 0 Å². The molecule has 1 aliphatic carbocycles. The molecule has 33 heavy (non-hydrogen) atoms. The van der Waals surface area contributed by atoms with Gasteiger partial charge in [0.15, 0.2) is 0 Å². The Balaban J connectivity index is 1.38. The predicted octanol–water partition coefficient (Wildman–Crippen LogP) is 5.15. The van der Waals surface area contributed by atoms with Gasteiger partial charge in [-0.25, -0.2) is 17.1 Å². The molecular formula is C26H32FN3O2S. The number of sulfonamides is 1. The maximum Gasteiger partial charge on any atom is 0.213 e. The van der Waals surface area contributed by atoms with Gasteiger partial charge < -0.3 is 10.3 Å². The first-order valence-corrected chi connectivity index (χ1v) is 13.7. The second-order valence-electron chi connectivity index (χ2n) is 9.44. The minimum atomic E-state index is -3.13. The number of nitrogens with zero attached hydrogens (tertiary/aromatic N) is 1. The standard InChI is InChI=1S/C26H32FN3O2S/c1-2-33(31,32)30-10-8-19(9-11-30)25-17-29-26-7-6-20(15-24(25)26)21-12-18(13-22(27)14-21)16-28-23-4-3-5-23/h6-7,12-15,17,19,23,28-29H,2-5,8-11,16H2,1H3. The lowest BCUT2D eigenvalue weighted by atomic mass is 9.89. The monoisotopic (exact) mass is 469 g/mol. The number of hydrogen-bond donors (Lipinski definition) is 2. The van der Waals surface area contributed by atoms with Crippen LogP contribution in [-0.4, -0.2) is 42.6 Å². The molecule has 1 saturated heterocycles. The summed E-state index contributed by atoms with van der Waals surface area (Å²) >= 11 is 0. The van der Waals surface area contributed by atoms with Gasteiger partial charge in [0.25, 0.3) is 0 Å². The number of piperidine rings is 1. The zero-order chi connectivity index (χ0) is 23.0. The minimum Gasteiger partial charge on any atom is -0.361 e. The highest BCUT2D eigenvalue weighted by Crippen LogP contribution is 2.36. The fraction of sp³-hybridized carbons (Fsp3) is 0.462. The number of hydrogen-bond acceptors (Lipinski definition) is 3. The molecule has 1 aromatic heterocycles. The van der Waals surface area contributed by atoms with E-state index in [4.69, 9.17) is 0 Å². The van der Waals surface area contributed by atoms with Crippen LogP contribution in [0.25, 0.3) is 22.0 Å². The van der Waals surface area contributed by atoms with Crippen molar-refractivity contribution in [2.75, 3.05) is 18.8 Å². The number of benzene rings is 2. The summed E-state index contributed by atoms with van der Waals surface area (Å²) in [4.78, 5) is 3.37. The Kier molecular flexibility index (Phi) is 6.29. The van der Waals surface area contributed by atoms with Crippen molar-refractivity contribution in [3.05, 3.63) is 59.5 Å². The fourth-order valence-corrected chi connectivity index (χ4v) is 6.21. The number of aromatic amines is 1. The second-order valence-corrected chi connectivity index (χ2v) is 11.7. The van der Waals surface area contributed by atoms with E-state index in [-0.39, 0.29) is 11.6 Å². The molecule has 0 atom stereocenters. The van der Waals surface area contributed by atoms with Gasteiger partial charge in [0.2, 0.25) is 10.0 Å². The van der Waals surface area contributed by atoms with Gasteiger partial charge in [-0.15, -0.1) is 0 Å². The van der Waals surface area contributed by atoms with Crippen LogP contribution in [0, 0.1) is 5.82 Å². The molecule has 5 rings (SSSR count). The van der Waals surface area contributed by atoms with E-state index in [2.05, 4.69) is 34.7 Å². The Hall–Kier alpha value is -2.22. The molecule has 2 fully saturated rings. The van der Waals surface area contributed by atoms with Crippen LogP contribution >= 0.6 is 0 Å². The Bertz CT molecular complexity index is 1240. The summed E-state index contributed by atoms with van der Waals surface area (Å²) in [5.41, 5.74) is 5.14. The second kappa shape index (κ2) is 9.20. The number of H-pyrrole nitrogens is 1. The minimum absolute atomic E-state index is 0.153. The highest BCUT2D eigenvalue weighted by Gasteiger charge is 2.28. The summed E-state index contributed by atoms with van der Waals surface area (Å²) in [5.74, 6) is 0.253. The molecule has 7 heteroatoms. The smallest absolute Gasteiger partial charge is 0.213 e. The number of aromatic nitrogens is 1. The first-order chi connectivity index (χ1) is 15.9. The molecule has 0 bridgehead atoms. The van der Waals surface area contributed by atoms with Gasteiger partial charge in [-0.1, -0.05) is 12.5 Å². The maximum absolute atomic E-state index is 14.4. The zero-order valence-corrected chi connectivity index (χ0v) is 19.9. The van der Waals surface area contributed by atoms with Crippen molar-refractivity contribution >= 4 is 20.9 Å². The number of nitrogens with one attached hydrogen (secondary N) is 2. The zero-order valence-electron chi connectivity index (χ0n) is 19.1. The molecule has 1 aliphatic heterocycles. The van der Waals surface area contributed by atoms with Gasteiger partial charge in [0.05, 0.1) is 5.75 Å². The van der Waals surface area contributed by atoms with E-state index in [1.807, 2.05) is 6.07 Å². The highest BCUT2D eigenvalue weighted by molar-refractivity contribution is 7.89. The van der Waals surface area contributed by atoms with Gasteiger partial charge in [0, 0.05) is 42.8 Å². The number of halogens is 1. The number of fused-ring (bicyclic) bond motifs is 1. The van der Waals surface area contributed by atoms with E-state index in [1.165, 1.54) is 24.8 Å². The lowest BCUT2D eigenvalue weighted by Gasteiger charge is -2.30. The summed E-state index contributed by atoms with van der Waals surface area (Å²) < 4.78 is 40.5. The van der Waals surface area contributed by atoms with Gasteiger partial charge in [-0.2, -0.15) is 0 Å². The van der Waals surface area contributed by atoms with Crippen LogP contribution in [-0.2, 0) is 16.6 Å². The summed E-state index contributed by atoms with van der Waals surface area (Å²) in [7, 11) is -3.13. The Labute approximate surface area is 195 Å². The van der Waals surface area contributed by atoms with Crippen LogP contribution in [0.4, 0.5) is 4.39 Å². The molecular weight excluding hydrogens is 437 g/mol. The lowest BCUT2D eigenvalue weighted by Crippen LogP contribution is -2.38. The first-order valence-electron chi connectivity index (χ1n) is 12.0. The van der Waals surface area contributed by atoms with E-state index < -0.39 is 10.0 Å². The molecule has 176 valence electrons. The van der Waals surface area contributed by atoms with E-state index in [9.17, 15) is 12.8 Å². The van der Waals surface area contributed by atoms with Gasteiger partial charge >= 0.3 is 0 Å². The third-order valence-corrected chi connectivity index (χ3v) is 9.24. The largest absolute Gasteiger partial charge is 0.361 e. The molecule has 0 amide bonds. The molecule has 0 unspecified atom stereocenters. The Morgan fingerprint density at radius 3 is 2.55 bits per heavy atom. The summed E-state index contributed by atoms with van der Waals surface area (Å²) in [5, 5.41) is 4.66. The van der Waals surface area contributed by atoms with Crippen molar-refractivity contribution in [2.45, 2.75) is 57.5 Å². The first kappa shape index (κ1) is 22.6. The van der Waals surface area contributed by atoms with Gasteiger partial charge in [0.1, 0.15) is 5.82 Å². The van der Waals surface area contributed by atoms with Crippen molar-refractivity contribution < 1.29 is 12.8 Å². The van der Waals surface area contributed by atoms with Crippen LogP contribution in [0.15, 0.2) is 42.6 Å². The van der Waals surface area contributed by atoms with E-state index in [0.717, 1.165) is 40.4 Å². The van der Waals surface area contributed by atoms with Gasteiger partial charge in [-0.05, 0) is 91.1 Å². The maximum atomic E-state index is 14.4. The van der Waals surface area contributed by atoms with Crippen LogP contribution in [0.5, 0.6) is 0 Å². The van der Waals surface area contributed by atoms with E-state index in [0.29, 0.717) is 31.6 Å². The molecule has 5 nitrogen and oxygen atoms in total. The molecule has 3 aromatic rings. The van der Waals surface area contributed by atoms with Crippen LogP contribution in [0.1, 0.15) is 56.1 Å². The van der Waals surface area contributed by atoms with Crippen molar-refractivity contribution in [3.8, 4) is 11.1 Å². The van der Waals surface area contributed by atoms with E-state index in [1.54, 1.807) is 23.4 Å². The van der Waals surface area contributed by atoms with Crippen molar-refractivity contribution in [1.29, 1.82) is 0 Å². The molecule has 2 heterocycles. The molecule has 2 aromatic carbocycles. The van der Waals surface area contributed by atoms with E-state index >= 15 is 0 Å². The van der Waals surface area contributed by atoms with Gasteiger partial charge in [-0.3, -0.25) is 0 Å². The Morgan fingerprint density at radius 1 is 1.06 bits per heavy atom. The van der Waals surface area contributed by atoms with Crippen molar-refractivity contribution in [3.63, 3.8) is 0 Å². The normalized spacial score (nSPS) is 18.6. The topological polar surface area (TPSA) is 65.2 Å².